The van der Waals surface area contributed by atoms with Gasteiger partial charge in [0.05, 0.1) is 12.2 Å². The van der Waals surface area contributed by atoms with E-state index < -0.39 is 31.1 Å². The molecule has 2 rings (SSSR count). The van der Waals surface area contributed by atoms with Gasteiger partial charge in [0, 0.05) is 6.20 Å². The number of aromatic nitrogens is 2. The van der Waals surface area contributed by atoms with Crippen molar-refractivity contribution in [3.05, 3.63) is 26.9 Å². The van der Waals surface area contributed by atoms with E-state index in [0.29, 0.717) is 5.56 Å². The molecule has 2 heterocycles. The topological polar surface area (TPSA) is 135 Å². The number of quaternary nitrogens is 1. The third kappa shape index (κ3) is 2.48. The van der Waals surface area contributed by atoms with Crippen LogP contribution in [0.1, 0.15) is 11.8 Å². The summed E-state index contributed by atoms with van der Waals surface area (Å²) < 4.78 is 6.76. The predicted octanol–water partition coefficient (Wildman–Crippen LogP) is -2.74. The van der Waals surface area contributed by atoms with Crippen molar-refractivity contribution in [2.75, 3.05) is 6.61 Å². The zero-order chi connectivity index (χ0) is 14.2. The fourth-order valence-electron chi connectivity index (χ4n) is 2.00. The maximum atomic E-state index is 11.5. The summed E-state index contributed by atoms with van der Waals surface area (Å²) in [7, 11) is 0. The van der Waals surface area contributed by atoms with E-state index in [1.807, 2.05) is 0 Å². The van der Waals surface area contributed by atoms with Crippen LogP contribution in [0.5, 0.6) is 0 Å². The van der Waals surface area contributed by atoms with Crippen LogP contribution in [0, 0.1) is 4.77 Å². The minimum absolute atomic E-state index is 0.0667. The number of hydrogen-bond donors (Lipinski definition) is 5. The molecule has 1 aliphatic rings. The minimum atomic E-state index is -1.24. The number of aliphatic hydroxyl groups is 3. The highest BCUT2D eigenvalue weighted by Gasteiger charge is 2.43. The van der Waals surface area contributed by atoms with Gasteiger partial charge in [0.15, 0.2) is 11.0 Å². The maximum Gasteiger partial charge on any atom is 0.260 e. The van der Waals surface area contributed by atoms with Crippen LogP contribution in [-0.4, -0.2) is 49.8 Å². The molecule has 8 nitrogen and oxygen atoms in total. The summed E-state index contributed by atoms with van der Waals surface area (Å²) in [6, 6.07) is 0. The molecule has 1 aliphatic heterocycles. The summed E-state index contributed by atoms with van der Waals surface area (Å²) in [5.74, 6) is 0. The van der Waals surface area contributed by atoms with Crippen molar-refractivity contribution in [1.29, 1.82) is 0 Å². The Balaban J connectivity index is 2.43. The van der Waals surface area contributed by atoms with E-state index in [0.717, 1.165) is 0 Å². The van der Waals surface area contributed by atoms with Gasteiger partial charge in [0.25, 0.3) is 5.56 Å². The number of aliphatic hydroxyl groups excluding tert-OH is 3. The van der Waals surface area contributed by atoms with Crippen LogP contribution in [0.15, 0.2) is 11.0 Å². The normalized spacial score (nSPS) is 30.7. The summed E-state index contributed by atoms with van der Waals surface area (Å²) in [4.78, 5) is 14.0. The molecule has 7 N–H and O–H groups in total. The zero-order valence-corrected chi connectivity index (χ0v) is 10.8. The summed E-state index contributed by atoms with van der Waals surface area (Å²) in [6.45, 7) is -0.173. The average molecular weight is 290 g/mol. The second kappa shape index (κ2) is 5.49. The molecular formula is C10H16N3O5S+. The van der Waals surface area contributed by atoms with E-state index in [1.165, 1.54) is 10.8 Å². The monoisotopic (exact) mass is 290 g/mol. The largest absolute Gasteiger partial charge is 0.394 e. The Labute approximate surface area is 113 Å². The van der Waals surface area contributed by atoms with Gasteiger partial charge < -0.3 is 25.8 Å². The average Bonchev–Trinajstić information content (AvgIpc) is 2.67. The van der Waals surface area contributed by atoms with Crippen LogP contribution < -0.4 is 11.3 Å². The van der Waals surface area contributed by atoms with Gasteiger partial charge in [-0.2, -0.15) is 0 Å². The first kappa shape index (κ1) is 14.3. The van der Waals surface area contributed by atoms with Crippen molar-refractivity contribution in [3.63, 3.8) is 0 Å². The smallest absolute Gasteiger partial charge is 0.260 e. The molecule has 0 spiro atoms. The van der Waals surface area contributed by atoms with Crippen molar-refractivity contribution in [3.8, 4) is 0 Å². The Morgan fingerprint density at radius 2 is 2.16 bits per heavy atom. The highest BCUT2D eigenvalue weighted by Crippen LogP contribution is 2.29. The molecule has 0 aliphatic carbocycles. The van der Waals surface area contributed by atoms with Gasteiger partial charge in [-0.15, -0.1) is 0 Å². The third-order valence-electron chi connectivity index (χ3n) is 3.10. The number of H-pyrrole nitrogens is 1. The first-order valence-electron chi connectivity index (χ1n) is 5.75. The molecule has 0 unspecified atom stereocenters. The lowest BCUT2D eigenvalue weighted by Gasteiger charge is -2.18. The first-order valence-corrected chi connectivity index (χ1v) is 6.16. The molecule has 0 aromatic carbocycles. The second-order valence-electron chi connectivity index (χ2n) is 4.30. The van der Waals surface area contributed by atoms with Gasteiger partial charge in [-0.05, 0) is 12.2 Å². The Morgan fingerprint density at radius 3 is 2.68 bits per heavy atom. The lowest BCUT2D eigenvalue weighted by molar-refractivity contribution is -0.386. The predicted molar refractivity (Wildman–Crippen MR) is 65.5 cm³/mol. The number of hydrogen-bond acceptors (Lipinski definition) is 6. The molecule has 106 valence electrons. The van der Waals surface area contributed by atoms with Gasteiger partial charge in [-0.1, -0.05) is 0 Å². The van der Waals surface area contributed by atoms with E-state index in [4.69, 9.17) is 22.1 Å². The summed E-state index contributed by atoms with van der Waals surface area (Å²) in [6.07, 6.45) is -2.87. The summed E-state index contributed by atoms with van der Waals surface area (Å²) in [5.41, 5.74) is 3.66. The number of nitrogens with zero attached hydrogens (tertiary/aromatic N) is 1. The van der Waals surface area contributed by atoms with Crippen LogP contribution in [0.2, 0.25) is 0 Å². The zero-order valence-electron chi connectivity index (χ0n) is 10.0. The molecule has 1 aromatic rings. The van der Waals surface area contributed by atoms with Crippen molar-refractivity contribution in [2.24, 2.45) is 0 Å². The molecule has 0 amide bonds. The van der Waals surface area contributed by atoms with Gasteiger partial charge >= 0.3 is 0 Å². The van der Waals surface area contributed by atoms with Crippen molar-refractivity contribution >= 4 is 12.2 Å². The lowest BCUT2D eigenvalue weighted by atomic mass is 10.1. The van der Waals surface area contributed by atoms with E-state index in [2.05, 4.69) is 10.7 Å². The lowest BCUT2D eigenvalue weighted by Crippen LogP contribution is -2.49. The van der Waals surface area contributed by atoms with E-state index in [1.54, 1.807) is 0 Å². The molecule has 1 saturated heterocycles. The molecule has 0 saturated carbocycles. The molecule has 19 heavy (non-hydrogen) atoms. The number of ether oxygens (including phenoxy) is 1. The molecular weight excluding hydrogens is 274 g/mol. The Kier molecular flexibility index (Phi) is 4.13. The minimum Gasteiger partial charge on any atom is -0.394 e. The highest BCUT2D eigenvalue weighted by atomic mass is 32.1. The molecule has 9 heteroatoms. The number of rotatable bonds is 3. The van der Waals surface area contributed by atoms with E-state index >= 15 is 0 Å². The highest BCUT2D eigenvalue weighted by molar-refractivity contribution is 7.71. The Hall–Kier alpha value is -1.10. The molecule has 0 radical (unpaired) electrons. The Morgan fingerprint density at radius 1 is 1.47 bits per heavy atom. The maximum absolute atomic E-state index is 11.5. The van der Waals surface area contributed by atoms with Gasteiger partial charge in [0.2, 0.25) is 0 Å². The van der Waals surface area contributed by atoms with E-state index in [-0.39, 0.29) is 16.9 Å². The van der Waals surface area contributed by atoms with Crippen LogP contribution >= 0.6 is 12.2 Å². The fraction of sp³-hybridized carbons (Fsp3) is 0.600. The summed E-state index contributed by atoms with van der Waals surface area (Å²) in [5, 5.41) is 28.6. The van der Waals surface area contributed by atoms with Gasteiger partial charge in [-0.3, -0.25) is 14.3 Å². The molecule has 1 fully saturated rings. The van der Waals surface area contributed by atoms with Crippen LogP contribution in [0.25, 0.3) is 0 Å². The van der Waals surface area contributed by atoms with Gasteiger partial charge in [-0.25, -0.2) is 0 Å². The van der Waals surface area contributed by atoms with E-state index in [9.17, 15) is 15.0 Å². The van der Waals surface area contributed by atoms with Crippen molar-refractivity contribution in [1.82, 2.24) is 9.55 Å². The first-order chi connectivity index (χ1) is 8.99. The molecule has 4 atom stereocenters. The van der Waals surface area contributed by atoms with Crippen LogP contribution in [0.3, 0.4) is 0 Å². The van der Waals surface area contributed by atoms with Crippen molar-refractivity contribution in [2.45, 2.75) is 31.1 Å². The second-order valence-corrected chi connectivity index (χ2v) is 4.69. The Bertz CT molecular complexity index is 571. The molecule has 0 bridgehead atoms. The number of nitrogens with one attached hydrogen (secondary N) is 1. The summed E-state index contributed by atoms with van der Waals surface area (Å²) >= 11 is 5.00. The van der Waals surface area contributed by atoms with Crippen LogP contribution in [-0.2, 0) is 11.3 Å². The number of aromatic amines is 1. The molecule has 1 aromatic heterocycles. The third-order valence-corrected chi connectivity index (χ3v) is 3.42. The quantitative estimate of drug-likeness (QED) is 0.383. The van der Waals surface area contributed by atoms with Gasteiger partial charge in [0.1, 0.15) is 24.9 Å². The fourth-order valence-corrected chi connectivity index (χ4v) is 2.25. The van der Waals surface area contributed by atoms with Crippen LogP contribution in [0.4, 0.5) is 0 Å². The standard InChI is InChI=1S/C10H15N3O5S/c11-1-4-2-13(10(19)12-8(4)17)9-7(16)6(15)5(3-14)18-9/h2,5-7,9,14-16H,1,3,11H2,(H,12,17,19)/p+1/t5-,6-,7-,9-/m1/s1. The SMILES string of the molecule is [NH3+]Cc1cn([C@@H]2O[C@H](CO)[C@@H](O)[C@H]2O)c(=S)[nH]c1=O. The van der Waals surface area contributed by atoms with Crippen molar-refractivity contribution < 1.29 is 25.8 Å².